The zero-order valence-corrected chi connectivity index (χ0v) is 8.78. The molecule has 1 aliphatic rings. The van der Waals surface area contributed by atoms with Gasteiger partial charge in [0.1, 0.15) is 0 Å². The second-order valence-corrected chi connectivity index (χ2v) is 5.21. The molecule has 1 fully saturated rings. The molecule has 72 valence electrons. The summed E-state index contributed by atoms with van der Waals surface area (Å²) in [6.07, 6.45) is 8.09. The van der Waals surface area contributed by atoms with E-state index in [9.17, 15) is 0 Å². The van der Waals surface area contributed by atoms with E-state index in [4.69, 9.17) is 5.11 Å². The number of thioether (sulfide) groups is 1. The normalized spacial score (nSPS) is 22.5. The zero-order chi connectivity index (χ0) is 8.81. The van der Waals surface area contributed by atoms with Gasteiger partial charge in [0.2, 0.25) is 0 Å². The Bertz CT molecular complexity index is 106. The van der Waals surface area contributed by atoms with Crippen LogP contribution in [0.1, 0.15) is 45.4 Å². The minimum absolute atomic E-state index is 0.359. The van der Waals surface area contributed by atoms with E-state index in [1.165, 1.54) is 32.1 Å². The van der Waals surface area contributed by atoms with Crippen molar-refractivity contribution < 1.29 is 5.11 Å². The third kappa shape index (κ3) is 3.36. The Morgan fingerprint density at radius 2 is 2.00 bits per heavy atom. The number of hydrogen-bond donors (Lipinski definition) is 1. The Morgan fingerprint density at radius 1 is 1.33 bits per heavy atom. The SMILES string of the molecule is CCC(CO)SC1CCCCC1. The van der Waals surface area contributed by atoms with E-state index in [0.717, 1.165) is 11.7 Å². The van der Waals surface area contributed by atoms with Crippen molar-refractivity contribution in [3.05, 3.63) is 0 Å². The first-order chi connectivity index (χ1) is 5.86. The third-order valence-electron chi connectivity index (χ3n) is 2.60. The van der Waals surface area contributed by atoms with Crippen molar-refractivity contribution in [2.45, 2.75) is 55.9 Å². The standard InChI is InChI=1S/C10H20OS/c1-2-9(8-11)12-10-6-4-3-5-7-10/h9-11H,2-8H2,1H3. The summed E-state index contributed by atoms with van der Waals surface area (Å²) >= 11 is 2.02. The van der Waals surface area contributed by atoms with Crippen LogP contribution in [0.2, 0.25) is 0 Å². The van der Waals surface area contributed by atoms with Crippen LogP contribution in [0.3, 0.4) is 0 Å². The first kappa shape index (κ1) is 10.4. The van der Waals surface area contributed by atoms with E-state index in [0.29, 0.717) is 11.9 Å². The van der Waals surface area contributed by atoms with Gasteiger partial charge >= 0.3 is 0 Å². The smallest absolute Gasteiger partial charge is 0.0550 e. The van der Waals surface area contributed by atoms with Gasteiger partial charge in [-0.15, -0.1) is 0 Å². The first-order valence-corrected chi connectivity index (χ1v) is 6.07. The summed E-state index contributed by atoms with van der Waals surface area (Å²) in [5.41, 5.74) is 0. The molecule has 1 rings (SSSR count). The summed E-state index contributed by atoms with van der Waals surface area (Å²) in [7, 11) is 0. The van der Waals surface area contributed by atoms with E-state index < -0.39 is 0 Å². The summed E-state index contributed by atoms with van der Waals surface area (Å²) in [6.45, 7) is 2.52. The molecule has 0 aromatic heterocycles. The lowest BCUT2D eigenvalue weighted by Crippen LogP contribution is -2.16. The summed E-state index contributed by atoms with van der Waals surface area (Å²) in [5.74, 6) is 0. The molecule has 1 nitrogen and oxygen atoms in total. The summed E-state index contributed by atoms with van der Waals surface area (Å²) in [4.78, 5) is 0. The van der Waals surface area contributed by atoms with Gasteiger partial charge < -0.3 is 5.11 Å². The van der Waals surface area contributed by atoms with Crippen molar-refractivity contribution in [2.24, 2.45) is 0 Å². The maximum Gasteiger partial charge on any atom is 0.0550 e. The van der Waals surface area contributed by atoms with Crippen LogP contribution in [0.5, 0.6) is 0 Å². The Labute approximate surface area is 79.9 Å². The highest BCUT2D eigenvalue weighted by Gasteiger charge is 2.17. The molecule has 12 heavy (non-hydrogen) atoms. The molecule has 0 spiro atoms. The molecule has 0 radical (unpaired) electrons. The van der Waals surface area contributed by atoms with Crippen molar-refractivity contribution in [3.8, 4) is 0 Å². The van der Waals surface area contributed by atoms with Crippen LogP contribution in [0, 0.1) is 0 Å². The molecule has 0 aromatic carbocycles. The molecular formula is C10H20OS. The lowest BCUT2D eigenvalue weighted by molar-refractivity contribution is 0.292. The second-order valence-electron chi connectivity index (χ2n) is 3.61. The van der Waals surface area contributed by atoms with Gasteiger partial charge in [-0.1, -0.05) is 26.2 Å². The predicted molar refractivity (Wildman–Crippen MR) is 55.6 cm³/mol. The van der Waals surface area contributed by atoms with Crippen LogP contribution < -0.4 is 0 Å². The topological polar surface area (TPSA) is 20.2 Å². The Hall–Kier alpha value is 0.310. The average Bonchev–Trinajstić information content (AvgIpc) is 2.16. The van der Waals surface area contributed by atoms with Crippen LogP contribution in [0.15, 0.2) is 0 Å². The molecule has 2 heteroatoms. The quantitative estimate of drug-likeness (QED) is 0.732. The van der Waals surface area contributed by atoms with Crippen molar-refractivity contribution >= 4 is 11.8 Å². The van der Waals surface area contributed by atoms with Gasteiger partial charge in [0.15, 0.2) is 0 Å². The molecule has 0 bridgehead atoms. The van der Waals surface area contributed by atoms with Crippen LogP contribution in [-0.2, 0) is 0 Å². The largest absolute Gasteiger partial charge is 0.395 e. The second kappa shape index (κ2) is 5.87. The molecule has 0 amide bonds. The average molecular weight is 188 g/mol. The van der Waals surface area contributed by atoms with Crippen LogP contribution in [-0.4, -0.2) is 22.2 Å². The van der Waals surface area contributed by atoms with Gasteiger partial charge in [0.05, 0.1) is 6.61 Å². The predicted octanol–water partition coefficient (Wildman–Crippen LogP) is 2.82. The van der Waals surface area contributed by atoms with Gasteiger partial charge in [0.25, 0.3) is 0 Å². The fourth-order valence-electron chi connectivity index (χ4n) is 1.74. The highest BCUT2D eigenvalue weighted by atomic mass is 32.2. The Balaban J connectivity index is 2.18. The molecule has 1 unspecified atom stereocenters. The summed E-state index contributed by atoms with van der Waals surface area (Å²) < 4.78 is 0. The zero-order valence-electron chi connectivity index (χ0n) is 7.96. The molecule has 0 heterocycles. The van der Waals surface area contributed by atoms with E-state index in [1.54, 1.807) is 0 Å². The minimum Gasteiger partial charge on any atom is -0.395 e. The maximum atomic E-state index is 9.04. The van der Waals surface area contributed by atoms with Gasteiger partial charge in [0, 0.05) is 10.5 Å². The first-order valence-electron chi connectivity index (χ1n) is 5.13. The number of aliphatic hydroxyl groups excluding tert-OH is 1. The van der Waals surface area contributed by atoms with Gasteiger partial charge in [-0.25, -0.2) is 0 Å². The van der Waals surface area contributed by atoms with Gasteiger partial charge in [-0.2, -0.15) is 11.8 Å². The van der Waals surface area contributed by atoms with Crippen molar-refractivity contribution in [1.29, 1.82) is 0 Å². The molecule has 1 N–H and O–H groups in total. The van der Waals surface area contributed by atoms with Gasteiger partial charge in [-0.05, 0) is 19.3 Å². The molecule has 0 aromatic rings. The van der Waals surface area contributed by atoms with Gasteiger partial charge in [-0.3, -0.25) is 0 Å². The highest BCUT2D eigenvalue weighted by molar-refractivity contribution is 8.00. The summed E-state index contributed by atoms with van der Waals surface area (Å²) in [5, 5.41) is 10.4. The Morgan fingerprint density at radius 3 is 2.50 bits per heavy atom. The lowest BCUT2D eigenvalue weighted by Gasteiger charge is -2.24. The minimum atomic E-state index is 0.359. The van der Waals surface area contributed by atoms with E-state index in [2.05, 4.69) is 6.92 Å². The highest BCUT2D eigenvalue weighted by Crippen LogP contribution is 2.31. The lowest BCUT2D eigenvalue weighted by atomic mass is 10.0. The van der Waals surface area contributed by atoms with E-state index >= 15 is 0 Å². The van der Waals surface area contributed by atoms with Crippen molar-refractivity contribution in [3.63, 3.8) is 0 Å². The van der Waals surface area contributed by atoms with Crippen LogP contribution in [0.4, 0.5) is 0 Å². The molecule has 1 aliphatic carbocycles. The fraction of sp³-hybridized carbons (Fsp3) is 1.00. The van der Waals surface area contributed by atoms with Crippen molar-refractivity contribution in [2.75, 3.05) is 6.61 Å². The number of hydrogen-bond acceptors (Lipinski definition) is 2. The molecule has 1 atom stereocenters. The molecule has 1 saturated carbocycles. The number of rotatable bonds is 4. The van der Waals surface area contributed by atoms with Crippen molar-refractivity contribution in [1.82, 2.24) is 0 Å². The summed E-state index contributed by atoms with van der Waals surface area (Å²) in [6, 6.07) is 0. The monoisotopic (exact) mass is 188 g/mol. The van der Waals surface area contributed by atoms with E-state index in [-0.39, 0.29) is 0 Å². The fourth-order valence-corrected chi connectivity index (χ4v) is 3.17. The molecule has 0 saturated heterocycles. The Kier molecular flexibility index (Phi) is 5.08. The number of aliphatic hydroxyl groups is 1. The van der Waals surface area contributed by atoms with E-state index in [1.807, 2.05) is 11.8 Å². The third-order valence-corrected chi connectivity index (χ3v) is 4.32. The van der Waals surface area contributed by atoms with Crippen LogP contribution >= 0.6 is 11.8 Å². The maximum absolute atomic E-state index is 9.04. The van der Waals surface area contributed by atoms with Crippen LogP contribution in [0.25, 0.3) is 0 Å². The molecular weight excluding hydrogens is 168 g/mol. The molecule has 0 aliphatic heterocycles.